The zero-order chi connectivity index (χ0) is 17.8. The molecule has 0 spiro atoms. The summed E-state index contributed by atoms with van der Waals surface area (Å²) < 4.78 is 8.45. The topological polar surface area (TPSA) is 30.3 Å². The summed E-state index contributed by atoms with van der Waals surface area (Å²) in [6.07, 6.45) is 6.65. The molecule has 4 heteroatoms. The lowest BCUT2D eigenvalue weighted by Gasteiger charge is -2.32. The van der Waals surface area contributed by atoms with E-state index in [1.807, 2.05) is 24.4 Å². The number of fused-ring (bicyclic) bond motifs is 1. The second-order valence-corrected chi connectivity index (χ2v) is 7.08. The highest BCUT2D eigenvalue weighted by Crippen LogP contribution is 2.24. The zero-order valence-corrected chi connectivity index (χ0v) is 15.5. The van der Waals surface area contributed by atoms with E-state index in [4.69, 9.17) is 4.74 Å². The maximum Gasteiger partial charge on any atom is 0.0892 e. The Balaban J connectivity index is 1.40. The zero-order valence-electron chi connectivity index (χ0n) is 15.5. The van der Waals surface area contributed by atoms with Crippen molar-refractivity contribution in [3.8, 4) is 0 Å². The van der Waals surface area contributed by atoms with Crippen LogP contribution in [0.2, 0.25) is 0 Å². The third-order valence-electron chi connectivity index (χ3n) is 5.29. The predicted octanol–water partition coefficient (Wildman–Crippen LogP) is 4.24. The van der Waals surface area contributed by atoms with E-state index in [0.717, 1.165) is 38.3 Å². The van der Waals surface area contributed by atoms with Crippen LogP contribution in [-0.4, -0.2) is 33.6 Å². The van der Waals surface area contributed by atoms with Gasteiger partial charge in [-0.2, -0.15) is 0 Å². The molecule has 1 aliphatic rings. The highest BCUT2D eigenvalue weighted by Gasteiger charge is 2.21. The molecule has 1 aliphatic heterocycles. The second kappa shape index (κ2) is 8.02. The van der Waals surface area contributed by atoms with Crippen molar-refractivity contribution < 1.29 is 4.74 Å². The van der Waals surface area contributed by atoms with Crippen LogP contribution in [0.4, 0.5) is 0 Å². The molecule has 2 aromatic heterocycles. The Morgan fingerprint density at radius 3 is 2.96 bits per heavy atom. The van der Waals surface area contributed by atoms with Gasteiger partial charge >= 0.3 is 0 Å². The van der Waals surface area contributed by atoms with Crippen LogP contribution in [-0.2, 0) is 24.4 Å². The molecule has 0 unspecified atom stereocenters. The van der Waals surface area contributed by atoms with Crippen LogP contribution in [0.15, 0.2) is 54.9 Å². The van der Waals surface area contributed by atoms with Gasteiger partial charge in [-0.25, -0.2) is 0 Å². The van der Waals surface area contributed by atoms with Crippen molar-refractivity contribution in [2.45, 2.75) is 45.6 Å². The van der Waals surface area contributed by atoms with Gasteiger partial charge in [0.05, 0.1) is 18.4 Å². The van der Waals surface area contributed by atoms with Crippen molar-refractivity contribution in [1.82, 2.24) is 14.5 Å². The van der Waals surface area contributed by atoms with Gasteiger partial charge in [-0.1, -0.05) is 18.2 Å². The summed E-state index contributed by atoms with van der Waals surface area (Å²) >= 11 is 0. The number of hydrogen-bond donors (Lipinski definition) is 0. The Bertz CT molecular complexity index is 843. The summed E-state index contributed by atoms with van der Waals surface area (Å²) in [6.45, 7) is 6.95. The lowest BCUT2D eigenvalue weighted by molar-refractivity contribution is -0.0131. The summed E-state index contributed by atoms with van der Waals surface area (Å²) in [5, 5.41) is 1.38. The molecule has 3 aromatic rings. The van der Waals surface area contributed by atoms with Crippen LogP contribution in [0.25, 0.3) is 10.9 Å². The molecule has 26 heavy (non-hydrogen) atoms. The van der Waals surface area contributed by atoms with Crippen molar-refractivity contribution >= 4 is 10.9 Å². The first kappa shape index (κ1) is 17.3. The first-order chi connectivity index (χ1) is 12.8. The number of pyridine rings is 1. The van der Waals surface area contributed by atoms with Crippen molar-refractivity contribution in [2.75, 3.05) is 13.1 Å². The van der Waals surface area contributed by atoms with Crippen LogP contribution in [0.3, 0.4) is 0 Å². The first-order valence-corrected chi connectivity index (χ1v) is 9.64. The molecular weight excluding hydrogens is 322 g/mol. The number of aryl methyl sites for hydroxylation is 1. The van der Waals surface area contributed by atoms with Gasteiger partial charge in [0, 0.05) is 42.9 Å². The van der Waals surface area contributed by atoms with Crippen LogP contribution in [0.1, 0.15) is 31.0 Å². The van der Waals surface area contributed by atoms with E-state index in [1.54, 1.807) is 0 Å². The largest absolute Gasteiger partial charge is 0.371 e. The van der Waals surface area contributed by atoms with E-state index < -0.39 is 0 Å². The van der Waals surface area contributed by atoms with Crippen molar-refractivity contribution in [3.63, 3.8) is 0 Å². The Labute approximate surface area is 155 Å². The average molecular weight is 349 g/mol. The van der Waals surface area contributed by atoms with Gasteiger partial charge in [-0.05, 0) is 56.1 Å². The third kappa shape index (κ3) is 3.81. The Hall–Kier alpha value is -2.17. The van der Waals surface area contributed by atoms with Crippen LogP contribution < -0.4 is 0 Å². The predicted molar refractivity (Wildman–Crippen MR) is 105 cm³/mol. The van der Waals surface area contributed by atoms with E-state index in [-0.39, 0.29) is 0 Å². The van der Waals surface area contributed by atoms with Crippen molar-refractivity contribution in [3.05, 3.63) is 66.1 Å². The van der Waals surface area contributed by atoms with E-state index in [0.29, 0.717) is 12.7 Å². The number of rotatable bonds is 6. The first-order valence-electron chi connectivity index (χ1n) is 9.64. The molecule has 1 saturated heterocycles. The monoisotopic (exact) mass is 349 g/mol. The molecule has 0 aliphatic carbocycles. The normalized spacial score (nSPS) is 18.4. The Morgan fingerprint density at radius 2 is 2.12 bits per heavy atom. The summed E-state index contributed by atoms with van der Waals surface area (Å²) in [5.41, 5.74) is 3.76. The summed E-state index contributed by atoms with van der Waals surface area (Å²) in [4.78, 5) is 6.89. The molecule has 0 N–H and O–H groups in total. The molecular formula is C22H27N3O. The summed E-state index contributed by atoms with van der Waals surface area (Å²) in [5.74, 6) is 0. The van der Waals surface area contributed by atoms with Crippen molar-refractivity contribution in [2.24, 2.45) is 0 Å². The average Bonchev–Trinajstić information content (AvgIpc) is 3.12. The third-order valence-corrected chi connectivity index (χ3v) is 5.29. The Morgan fingerprint density at radius 1 is 1.15 bits per heavy atom. The number of hydrogen-bond acceptors (Lipinski definition) is 3. The molecule has 0 amide bonds. The number of nitrogens with zero attached hydrogens (tertiary/aromatic N) is 3. The lowest BCUT2D eigenvalue weighted by Crippen LogP contribution is -2.39. The fourth-order valence-electron chi connectivity index (χ4n) is 3.92. The minimum Gasteiger partial charge on any atom is -0.371 e. The standard InChI is InChI=1S/C22H27N3O/c1-2-25-14-11-21-18(7-5-10-22(21)25)15-24-13-6-9-20(16-24)26-17-19-8-3-4-12-23-19/h3-5,7-8,10-12,14,20H,2,6,9,13,15-17H2,1H3/t20-/m0/s1. The minimum absolute atomic E-state index is 0.296. The maximum atomic E-state index is 6.14. The molecule has 3 heterocycles. The lowest BCUT2D eigenvalue weighted by atomic mass is 10.1. The van der Waals surface area contributed by atoms with Gasteiger partial charge in [0.1, 0.15) is 0 Å². The van der Waals surface area contributed by atoms with E-state index in [2.05, 4.69) is 51.8 Å². The fraction of sp³-hybridized carbons (Fsp3) is 0.409. The number of ether oxygens (including phenoxy) is 1. The molecule has 0 bridgehead atoms. The van der Waals surface area contributed by atoms with Crippen molar-refractivity contribution in [1.29, 1.82) is 0 Å². The second-order valence-electron chi connectivity index (χ2n) is 7.08. The fourth-order valence-corrected chi connectivity index (χ4v) is 3.92. The van der Waals surface area contributed by atoms with Gasteiger partial charge in [0.25, 0.3) is 0 Å². The summed E-state index contributed by atoms with van der Waals surface area (Å²) in [6, 6.07) is 14.9. The van der Waals surface area contributed by atoms with Gasteiger partial charge < -0.3 is 9.30 Å². The van der Waals surface area contributed by atoms with Gasteiger partial charge in [-0.3, -0.25) is 9.88 Å². The van der Waals surface area contributed by atoms with Gasteiger partial charge in [0.15, 0.2) is 0 Å². The number of likely N-dealkylation sites (tertiary alicyclic amines) is 1. The van der Waals surface area contributed by atoms with Gasteiger partial charge in [0.2, 0.25) is 0 Å². The minimum atomic E-state index is 0.296. The van der Waals surface area contributed by atoms with E-state index >= 15 is 0 Å². The molecule has 1 atom stereocenters. The molecule has 0 saturated carbocycles. The highest BCUT2D eigenvalue weighted by molar-refractivity contribution is 5.83. The highest BCUT2D eigenvalue weighted by atomic mass is 16.5. The maximum absolute atomic E-state index is 6.14. The number of aromatic nitrogens is 2. The van der Waals surface area contributed by atoms with Crippen LogP contribution >= 0.6 is 0 Å². The SMILES string of the molecule is CCn1ccc2c(CN3CCC[C@H](OCc4ccccn4)C3)cccc21. The smallest absolute Gasteiger partial charge is 0.0892 e. The van der Waals surface area contributed by atoms with Crippen LogP contribution in [0.5, 0.6) is 0 Å². The molecule has 1 aromatic carbocycles. The Kier molecular flexibility index (Phi) is 5.32. The molecule has 4 nitrogen and oxygen atoms in total. The van der Waals surface area contributed by atoms with Crippen LogP contribution in [0, 0.1) is 0 Å². The quantitative estimate of drug-likeness (QED) is 0.667. The number of benzene rings is 1. The molecule has 1 fully saturated rings. The summed E-state index contributed by atoms with van der Waals surface area (Å²) in [7, 11) is 0. The van der Waals surface area contributed by atoms with E-state index in [9.17, 15) is 0 Å². The van der Waals surface area contributed by atoms with Gasteiger partial charge in [-0.15, -0.1) is 0 Å². The number of piperidine rings is 1. The molecule has 0 radical (unpaired) electrons. The van der Waals surface area contributed by atoms with E-state index in [1.165, 1.54) is 22.9 Å². The molecule has 4 rings (SSSR count). The molecule has 136 valence electrons.